The molecule has 0 heterocycles. The molecule has 1 N–H and O–H groups in total. The summed E-state index contributed by atoms with van der Waals surface area (Å²) in [5, 5.41) is 11.1. The van der Waals surface area contributed by atoms with E-state index in [1.54, 1.807) is 0 Å². The number of benzene rings is 1. The molecule has 1 aromatic rings. The van der Waals surface area contributed by atoms with E-state index in [0.29, 0.717) is 19.6 Å². The van der Waals surface area contributed by atoms with Gasteiger partial charge < -0.3 is 15.0 Å². The van der Waals surface area contributed by atoms with Gasteiger partial charge in [0.15, 0.2) is 0 Å². The molecular weight excluding hydrogens is 254 g/mol. The Hall–Kier alpha value is -2.06. The average Bonchev–Trinajstić information content (AvgIpc) is 2.40. The van der Waals surface area contributed by atoms with Crippen molar-refractivity contribution in [2.45, 2.75) is 12.8 Å². The van der Waals surface area contributed by atoms with Crippen LogP contribution in [0, 0.1) is 11.3 Å². The molecule has 0 saturated heterocycles. The first-order valence-electron chi connectivity index (χ1n) is 6.62. The molecule has 0 atom stereocenters. The number of hydrogen-bond donors (Lipinski definition) is 1. The highest BCUT2D eigenvalue weighted by molar-refractivity contribution is 5.77. The predicted octanol–water partition coefficient (Wildman–Crippen LogP) is 1.20. The zero-order valence-electron chi connectivity index (χ0n) is 12.1. The van der Waals surface area contributed by atoms with Crippen molar-refractivity contribution in [1.82, 2.24) is 10.2 Å². The van der Waals surface area contributed by atoms with Crippen LogP contribution in [-0.4, -0.2) is 44.6 Å². The van der Waals surface area contributed by atoms with Gasteiger partial charge in [0.25, 0.3) is 0 Å². The second kappa shape index (κ2) is 8.94. The smallest absolute Gasteiger partial charge is 0.234 e. The minimum Gasteiger partial charge on any atom is -0.492 e. The summed E-state index contributed by atoms with van der Waals surface area (Å²) in [7, 11) is 4.00. The quantitative estimate of drug-likeness (QED) is 0.774. The van der Waals surface area contributed by atoms with Crippen molar-refractivity contribution in [3.05, 3.63) is 29.8 Å². The van der Waals surface area contributed by atoms with E-state index in [1.165, 1.54) is 0 Å². The Bertz CT molecular complexity index is 466. The number of nitrogens with one attached hydrogen (secondary N) is 1. The minimum atomic E-state index is -0.237. The monoisotopic (exact) mass is 275 g/mol. The lowest BCUT2D eigenvalue weighted by Crippen LogP contribution is -2.25. The van der Waals surface area contributed by atoms with Crippen molar-refractivity contribution in [3.63, 3.8) is 0 Å². The summed E-state index contributed by atoms with van der Waals surface area (Å²) in [5.41, 5.74) is 1.06. The van der Waals surface area contributed by atoms with Crippen LogP contribution in [0.5, 0.6) is 5.75 Å². The summed E-state index contributed by atoms with van der Waals surface area (Å²) in [6, 6.07) is 9.63. The van der Waals surface area contributed by atoms with Crippen molar-refractivity contribution in [3.8, 4) is 11.8 Å². The van der Waals surface area contributed by atoms with Gasteiger partial charge in [0.2, 0.25) is 5.91 Å². The molecule has 1 aromatic carbocycles. The summed E-state index contributed by atoms with van der Waals surface area (Å²) >= 11 is 0. The van der Waals surface area contributed by atoms with Crippen LogP contribution in [0.4, 0.5) is 0 Å². The number of para-hydroxylation sites is 1. The van der Waals surface area contributed by atoms with Crippen molar-refractivity contribution >= 4 is 5.91 Å². The third-order valence-electron chi connectivity index (χ3n) is 2.72. The molecule has 108 valence electrons. The molecule has 0 fully saturated rings. The lowest BCUT2D eigenvalue weighted by Gasteiger charge is -2.14. The summed E-state index contributed by atoms with van der Waals surface area (Å²) in [5.74, 6) is 0.613. The first-order valence-corrected chi connectivity index (χ1v) is 6.62. The van der Waals surface area contributed by atoms with Crippen LogP contribution in [0.1, 0.15) is 12.0 Å². The van der Waals surface area contributed by atoms with E-state index >= 15 is 0 Å². The number of likely N-dealkylation sites (N-methyl/N-ethyl adjacent to an activating group) is 1. The summed E-state index contributed by atoms with van der Waals surface area (Å²) in [6.07, 6.45) is 0.594. The molecule has 5 nitrogen and oxygen atoms in total. The van der Waals surface area contributed by atoms with E-state index in [2.05, 4.69) is 10.2 Å². The van der Waals surface area contributed by atoms with Crippen LogP contribution in [0.2, 0.25) is 0 Å². The van der Waals surface area contributed by atoms with E-state index in [9.17, 15) is 4.79 Å². The van der Waals surface area contributed by atoms with Crippen molar-refractivity contribution in [2.24, 2.45) is 0 Å². The molecule has 0 aromatic heterocycles. The van der Waals surface area contributed by atoms with E-state index in [0.717, 1.165) is 17.9 Å². The molecule has 1 rings (SSSR count). The van der Waals surface area contributed by atoms with Crippen LogP contribution in [0.15, 0.2) is 24.3 Å². The van der Waals surface area contributed by atoms with Crippen molar-refractivity contribution in [2.75, 3.05) is 33.8 Å². The van der Waals surface area contributed by atoms with E-state index in [-0.39, 0.29) is 12.3 Å². The number of amides is 1. The number of nitriles is 1. The van der Waals surface area contributed by atoms with Gasteiger partial charge in [0, 0.05) is 13.1 Å². The number of ether oxygens (including phenoxy) is 1. The van der Waals surface area contributed by atoms with Crippen LogP contribution in [-0.2, 0) is 11.2 Å². The average molecular weight is 275 g/mol. The largest absolute Gasteiger partial charge is 0.492 e. The van der Waals surface area contributed by atoms with Crippen LogP contribution in [0.3, 0.4) is 0 Å². The van der Waals surface area contributed by atoms with Crippen LogP contribution >= 0.6 is 0 Å². The second-order valence-corrected chi connectivity index (χ2v) is 4.69. The molecule has 5 heteroatoms. The minimum absolute atomic E-state index is 0.0962. The molecule has 0 unspecified atom stereocenters. The highest BCUT2D eigenvalue weighted by Crippen LogP contribution is 2.18. The predicted molar refractivity (Wildman–Crippen MR) is 77.4 cm³/mol. The normalized spacial score (nSPS) is 10.1. The third-order valence-corrected chi connectivity index (χ3v) is 2.72. The molecule has 20 heavy (non-hydrogen) atoms. The Morgan fingerprint density at radius 1 is 1.40 bits per heavy atom. The molecule has 0 radical (unpaired) electrons. The third kappa shape index (κ3) is 6.21. The van der Waals surface area contributed by atoms with Gasteiger partial charge in [-0.1, -0.05) is 18.2 Å². The van der Waals surface area contributed by atoms with Crippen LogP contribution < -0.4 is 10.1 Å². The molecule has 0 aliphatic rings. The highest BCUT2D eigenvalue weighted by Gasteiger charge is 2.04. The topological polar surface area (TPSA) is 65.4 Å². The van der Waals surface area contributed by atoms with Gasteiger partial charge >= 0.3 is 0 Å². The lowest BCUT2D eigenvalue weighted by atomic mass is 10.1. The maximum atomic E-state index is 11.2. The summed E-state index contributed by atoms with van der Waals surface area (Å²) in [6.45, 7) is 1.99. The highest BCUT2D eigenvalue weighted by atomic mass is 16.5. The van der Waals surface area contributed by atoms with E-state index in [4.69, 9.17) is 10.00 Å². The maximum absolute atomic E-state index is 11.2. The number of hydrogen-bond acceptors (Lipinski definition) is 4. The van der Waals surface area contributed by atoms with Gasteiger partial charge in [-0.25, -0.2) is 0 Å². The fraction of sp³-hybridized carbons (Fsp3) is 0.467. The molecule has 0 aliphatic carbocycles. The second-order valence-electron chi connectivity index (χ2n) is 4.69. The molecule has 0 bridgehead atoms. The van der Waals surface area contributed by atoms with Crippen LogP contribution in [0.25, 0.3) is 0 Å². The zero-order chi connectivity index (χ0) is 14.8. The van der Waals surface area contributed by atoms with Gasteiger partial charge in [-0.2, -0.15) is 5.26 Å². The van der Waals surface area contributed by atoms with E-state index < -0.39 is 0 Å². The first-order chi connectivity index (χ1) is 9.63. The number of carbonyl (C=O) groups is 1. The molecule has 0 saturated carbocycles. The Kier molecular flexibility index (Phi) is 7.15. The summed E-state index contributed by atoms with van der Waals surface area (Å²) in [4.78, 5) is 13.3. The standard InChI is InChI=1S/C15H21N3O2/c1-18(2)11-12-20-14-6-4-3-5-13(14)8-10-17-15(19)7-9-16/h3-6H,7-8,10-12H2,1-2H3,(H,17,19). The van der Waals surface area contributed by atoms with Gasteiger partial charge in [0.05, 0.1) is 6.07 Å². The fourth-order valence-corrected chi connectivity index (χ4v) is 1.66. The molecule has 0 spiro atoms. The van der Waals surface area contributed by atoms with Gasteiger partial charge in [-0.3, -0.25) is 4.79 Å². The molecule has 1 amide bonds. The van der Waals surface area contributed by atoms with Gasteiger partial charge in [-0.05, 0) is 32.1 Å². The zero-order valence-corrected chi connectivity index (χ0v) is 12.1. The Morgan fingerprint density at radius 2 is 2.15 bits per heavy atom. The summed E-state index contributed by atoms with van der Waals surface area (Å²) < 4.78 is 5.75. The number of nitrogens with zero attached hydrogens (tertiary/aromatic N) is 2. The first kappa shape index (κ1) is 16.0. The van der Waals surface area contributed by atoms with E-state index in [1.807, 2.05) is 44.4 Å². The maximum Gasteiger partial charge on any atom is 0.234 e. The SMILES string of the molecule is CN(C)CCOc1ccccc1CCNC(=O)CC#N. The molecular formula is C15H21N3O2. The van der Waals surface area contributed by atoms with Gasteiger partial charge in [-0.15, -0.1) is 0 Å². The number of carbonyl (C=O) groups excluding carboxylic acids is 1. The molecule has 0 aliphatic heterocycles. The Morgan fingerprint density at radius 3 is 2.85 bits per heavy atom. The lowest BCUT2D eigenvalue weighted by molar-refractivity contribution is -0.120. The van der Waals surface area contributed by atoms with Crippen molar-refractivity contribution in [1.29, 1.82) is 5.26 Å². The van der Waals surface area contributed by atoms with Gasteiger partial charge in [0.1, 0.15) is 18.8 Å². The van der Waals surface area contributed by atoms with Crippen molar-refractivity contribution < 1.29 is 9.53 Å². The Labute approximate surface area is 120 Å². The Balaban J connectivity index is 2.45. The number of rotatable bonds is 8. The fourth-order valence-electron chi connectivity index (χ4n) is 1.66.